The molecule has 154 valence electrons. The largest absolute Gasteiger partial charge is 0.504 e. The Hall–Kier alpha value is -2.84. The molecule has 0 atom stereocenters. The Morgan fingerprint density at radius 1 is 0.733 bits per heavy atom. The molecule has 0 aliphatic carbocycles. The first kappa shape index (κ1) is 21.9. The van der Waals surface area contributed by atoms with Gasteiger partial charge in [-0.05, 0) is 36.4 Å². The molecule has 0 bridgehead atoms. The number of phenols is 2. The Kier molecular flexibility index (Phi) is 7.12. The van der Waals surface area contributed by atoms with Crippen LogP contribution in [0.4, 0.5) is 11.4 Å². The second-order valence-electron chi connectivity index (χ2n) is 6.10. The second kappa shape index (κ2) is 9.77. The Labute approximate surface area is 190 Å². The van der Waals surface area contributed by atoms with E-state index in [1.807, 2.05) is 12.1 Å². The summed E-state index contributed by atoms with van der Waals surface area (Å²) in [5.74, 6) is 0.681. The van der Waals surface area contributed by atoms with Crippen LogP contribution in [-0.4, -0.2) is 36.9 Å². The highest BCUT2D eigenvalue weighted by atomic mass is 79.9. The van der Waals surface area contributed by atoms with Crippen molar-refractivity contribution in [3.63, 3.8) is 0 Å². The Morgan fingerprint density at radius 2 is 1.13 bits per heavy atom. The van der Waals surface area contributed by atoms with Crippen LogP contribution in [0, 0.1) is 0 Å². The van der Waals surface area contributed by atoms with Crippen molar-refractivity contribution >= 4 is 55.7 Å². The van der Waals surface area contributed by atoms with E-state index >= 15 is 0 Å². The molecular weight excluding hydrogens is 516 g/mol. The molecule has 0 aromatic heterocycles. The SMILES string of the molecule is COc1cc(Br)cc(C=Nc2ccccc2N=Cc2cc(Br)cc(OC)c2O)c1O. The van der Waals surface area contributed by atoms with Crippen molar-refractivity contribution in [2.24, 2.45) is 9.98 Å². The summed E-state index contributed by atoms with van der Waals surface area (Å²) in [7, 11) is 2.97. The van der Waals surface area contributed by atoms with Gasteiger partial charge in [0, 0.05) is 32.5 Å². The zero-order valence-corrected chi connectivity index (χ0v) is 19.3. The Balaban J connectivity index is 1.95. The van der Waals surface area contributed by atoms with Crippen molar-refractivity contribution in [2.45, 2.75) is 0 Å². The monoisotopic (exact) mass is 532 g/mol. The standard InChI is InChI=1S/C22H18Br2N2O4/c1-29-19-9-15(23)7-13(21(19)27)11-25-17-5-3-4-6-18(17)26-12-14-8-16(24)10-20(30-2)22(14)28/h3-12,27-28H,1-2H3. The number of para-hydroxylation sites is 2. The molecule has 30 heavy (non-hydrogen) atoms. The minimum atomic E-state index is -0.00316. The van der Waals surface area contributed by atoms with Crippen molar-refractivity contribution < 1.29 is 19.7 Å². The maximum absolute atomic E-state index is 10.3. The third-order valence-electron chi connectivity index (χ3n) is 4.15. The first-order valence-electron chi connectivity index (χ1n) is 8.73. The molecule has 6 nitrogen and oxygen atoms in total. The van der Waals surface area contributed by atoms with Gasteiger partial charge >= 0.3 is 0 Å². The first-order chi connectivity index (χ1) is 14.4. The summed E-state index contributed by atoms with van der Waals surface area (Å²) in [6, 6.07) is 14.1. The summed E-state index contributed by atoms with van der Waals surface area (Å²) in [5, 5.41) is 20.6. The summed E-state index contributed by atoms with van der Waals surface area (Å²) < 4.78 is 11.8. The van der Waals surface area contributed by atoms with E-state index in [1.54, 1.807) is 36.4 Å². The van der Waals surface area contributed by atoms with E-state index in [1.165, 1.54) is 26.6 Å². The number of halogens is 2. The van der Waals surface area contributed by atoms with Crippen molar-refractivity contribution in [3.8, 4) is 23.0 Å². The molecule has 0 amide bonds. The van der Waals surface area contributed by atoms with Crippen molar-refractivity contribution in [1.82, 2.24) is 0 Å². The first-order valence-corrected chi connectivity index (χ1v) is 10.3. The maximum atomic E-state index is 10.3. The number of methoxy groups -OCH3 is 2. The van der Waals surface area contributed by atoms with Gasteiger partial charge in [-0.3, -0.25) is 9.98 Å². The van der Waals surface area contributed by atoms with Crippen molar-refractivity contribution in [1.29, 1.82) is 0 Å². The molecule has 0 unspecified atom stereocenters. The van der Waals surface area contributed by atoms with Crippen LogP contribution in [0.2, 0.25) is 0 Å². The minimum Gasteiger partial charge on any atom is -0.504 e. The van der Waals surface area contributed by atoms with Crippen LogP contribution in [0.15, 0.2) is 67.5 Å². The van der Waals surface area contributed by atoms with E-state index in [2.05, 4.69) is 41.8 Å². The molecular formula is C22H18Br2N2O4. The topological polar surface area (TPSA) is 83.6 Å². The van der Waals surface area contributed by atoms with Gasteiger partial charge in [0.25, 0.3) is 0 Å². The molecule has 0 heterocycles. The number of rotatable bonds is 6. The normalized spacial score (nSPS) is 11.3. The Morgan fingerprint density at radius 3 is 1.50 bits per heavy atom. The predicted octanol–water partition coefficient (Wildman–Crippen LogP) is 6.14. The minimum absolute atomic E-state index is 0.00316. The van der Waals surface area contributed by atoms with E-state index in [0.717, 1.165) is 8.95 Å². The van der Waals surface area contributed by atoms with Gasteiger partial charge in [0.15, 0.2) is 23.0 Å². The molecule has 8 heteroatoms. The van der Waals surface area contributed by atoms with Crippen LogP contribution in [-0.2, 0) is 0 Å². The fourth-order valence-corrected chi connectivity index (χ4v) is 3.57. The van der Waals surface area contributed by atoms with Gasteiger partial charge in [0.1, 0.15) is 0 Å². The van der Waals surface area contributed by atoms with Gasteiger partial charge in [0.05, 0.1) is 25.6 Å². The van der Waals surface area contributed by atoms with E-state index in [9.17, 15) is 10.2 Å². The predicted molar refractivity (Wildman–Crippen MR) is 126 cm³/mol. The van der Waals surface area contributed by atoms with Gasteiger partial charge in [0.2, 0.25) is 0 Å². The molecule has 0 fully saturated rings. The fraction of sp³-hybridized carbons (Fsp3) is 0.0909. The number of phenolic OH excluding ortho intramolecular Hbond substituents is 2. The molecule has 3 rings (SSSR count). The number of ether oxygens (including phenoxy) is 2. The third kappa shape index (κ3) is 5.01. The molecule has 0 saturated heterocycles. The molecule has 0 saturated carbocycles. The quantitative estimate of drug-likeness (QED) is 0.373. The van der Waals surface area contributed by atoms with Crippen LogP contribution < -0.4 is 9.47 Å². The molecule has 0 spiro atoms. The summed E-state index contributed by atoms with van der Waals surface area (Å²) in [5.41, 5.74) is 2.17. The third-order valence-corrected chi connectivity index (χ3v) is 5.06. The molecule has 0 radical (unpaired) electrons. The number of aliphatic imine (C=N–C) groups is 2. The highest BCUT2D eigenvalue weighted by molar-refractivity contribution is 9.10. The van der Waals surface area contributed by atoms with Crippen LogP contribution >= 0.6 is 31.9 Å². The van der Waals surface area contributed by atoms with Crippen molar-refractivity contribution in [3.05, 3.63) is 68.6 Å². The molecule has 3 aromatic carbocycles. The van der Waals surface area contributed by atoms with Crippen LogP contribution in [0.3, 0.4) is 0 Å². The smallest absolute Gasteiger partial charge is 0.166 e. The van der Waals surface area contributed by atoms with Gasteiger partial charge in [-0.1, -0.05) is 44.0 Å². The average Bonchev–Trinajstić information content (AvgIpc) is 2.74. The van der Waals surface area contributed by atoms with Crippen molar-refractivity contribution in [2.75, 3.05) is 14.2 Å². The van der Waals surface area contributed by atoms with Gasteiger partial charge < -0.3 is 19.7 Å². The average molecular weight is 534 g/mol. The molecule has 0 aliphatic heterocycles. The number of nitrogens with zero attached hydrogens (tertiary/aromatic N) is 2. The van der Waals surface area contributed by atoms with E-state index in [-0.39, 0.29) is 11.5 Å². The van der Waals surface area contributed by atoms with Gasteiger partial charge in [-0.25, -0.2) is 0 Å². The van der Waals surface area contributed by atoms with Crippen LogP contribution in [0.5, 0.6) is 23.0 Å². The lowest BCUT2D eigenvalue weighted by Crippen LogP contribution is -1.90. The number of hydrogen-bond donors (Lipinski definition) is 2. The van der Waals surface area contributed by atoms with Crippen LogP contribution in [0.1, 0.15) is 11.1 Å². The van der Waals surface area contributed by atoms with E-state index < -0.39 is 0 Å². The lowest BCUT2D eigenvalue weighted by Gasteiger charge is -2.07. The number of hydrogen-bond acceptors (Lipinski definition) is 6. The summed E-state index contributed by atoms with van der Waals surface area (Å²) >= 11 is 6.78. The number of benzene rings is 3. The van der Waals surface area contributed by atoms with E-state index in [4.69, 9.17) is 9.47 Å². The molecule has 0 aliphatic rings. The summed E-state index contributed by atoms with van der Waals surface area (Å²) in [4.78, 5) is 8.94. The highest BCUT2D eigenvalue weighted by Crippen LogP contribution is 2.35. The number of aromatic hydroxyl groups is 2. The fourth-order valence-electron chi connectivity index (χ4n) is 2.66. The lowest BCUT2D eigenvalue weighted by atomic mass is 10.2. The second-order valence-corrected chi connectivity index (χ2v) is 7.93. The Bertz CT molecular complexity index is 1040. The van der Waals surface area contributed by atoms with Gasteiger partial charge in [-0.2, -0.15) is 0 Å². The highest BCUT2D eigenvalue weighted by Gasteiger charge is 2.10. The van der Waals surface area contributed by atoms with Gasteiger partial charge in [-0.15, -0.1) is 0 Å². The van der Waals surface area contributed by atoms with E-state index in [0.29, 0.717) is 34.0 Å². The molecule has 3 aromatic rings. The summed E-state index contributed by atoms with van der Waals surface area (Å²) in [6.07, 6.45) is 3.08. The maximum Gasteiger partial charge on any atom is 0.166 e. The summed E-state index contributed by atoms with van der Waals surface area (Å²) in [6.45, 7) is 0. The zero-order chi connectivity index (χ0) is 21.7. The zero-order valence-electron chi connectivity index (χ0n) is 16.1. The van der Waals surface area contributed by atoms with Crippen LogP contribution in [0.25, 0.3) is 0 Å². The lowest BCUT2D eigenvalue weighted by molar-refractivity contribution is 0.373. The molecule has 2 N–H and O–H groups in total.